The Morgan fingerprint density at radius 2 is 2.10 bits per heavy atom. The number of likely N-dealkylation sites (N-methyl/N-ethyl adjacent to an activating group) is 1. The Hall–Kier alpha value is -2.87. The molecule has 2 N–H and O–H groups in total. The lowest BCUT2D eigenvalue weighted by Gasteiger charge is -2.14. The molecular formula is C21H29N7S. The third-order valence-electron chi connectivity index (χ3n) is 4.56. The quantitative estimate of drug-likeness (QED) is 0.332. The topological polar surface area (TPSA) is 80.0 Å². The molecule has 2 aromatic rings. The maximum atomic E-state index is 5.32. The van der Waals surface area contributed by atoms with Crippen LogP contribution in [-0.2, 0) is 0 Å². The van der Waals surface area contributed by atoms with Crippen molar-refractivity contribution in [3.63, 3.8) is 0 Å². The third-order valence-corrected chi connectivity index (χ3v) is 4.77. The molecule has 29 heavy (non-hydrogen) atoms. The second-order valence-corrected chi connectivity index (χ2v) is 7.22. The number of fused-ring (bicyclic) bond motifs is 1. The minimum Gasteiger partial charge on any atom is -0.388 e. The summed E-state index contributed by atoms with van der Waals surface area (Å²) in [5, 5.41) is 18.2. The summed E-state index contributed by atoms with van der Waals surface area (Å²) in [6.45, 7) is 14.9. The van der Waals surface area contributed by atoms with Crippen molar-refractivity contribution >= 4 is 28.6 Å². The molecule has 8 heteroatoms. The minimum absolute atomic E-state index is 0.395. The second-order valence-electron chi connectivity index (χ2n) is 6.60. The third kappa shape index (κ3) is 5.57. The highest BCUT2D eigenvalue weighted by atomic mass is 32.1. The molecule has 0 atom stereocenters. The summed E-state index contributed by atoms with van der Waals surface area (Å²) in [6, 6.07) is 1.85. The Bertz CT molecular complexity index is 969. The molecule has 0 saturated carbocycles. The van der Waals surface area contributed by atoms with Crippen LogP contribution >= 0.6 is 12.2 Å². The fraction of sp³-hybridized carbons (Fsp3) is 0.381. The van der Waals surface area contributed by atoms with E-state index in [4.69, 9.17) is 12.2 Å². The van der Waals surface area contributed by atoms with Gasteiger partial charge in [-0.1, -0.05) is 56.8 Å². The molecule has 7 nitrogen and oxygen atoms in total. The zero-order chi connectivity index (χ0) is 21.4. The van der Waals surface area contributed by atoms with Gasteiger partial charge in [0.25, 0.3) is 5.78 Å². The van der Waals surface area contributed by atoms with Crippen LogP contribution in [0.4, 0.5) is 0 Å². The van der Waals surface area contributed by atoms with Crippen LogP contribution in [-0.4, -0.2) is 43.5 Å². The van der Waals surface area contributed by atoms with Crippen molar-refractivity contribution in [3.8, 4) is 0 Å². The van der Waals surface area contributed by atoms with Gasteiger partial charge in [0.15, 0.2) is 0 Å². The van der Waals surface area contributed by atoms with Gasteiger partial charge in [-0.05, 0) is 53.5 Å². The Balaban J connectivity index is 2.23. The van der Waals surface area contributed by atoms with Crippen molar-refractivity contribution in [2.24, 2.45) is 0 Å². The molecule has 0 aromatic carbocycles. The van der Waals surface area contributed by atoms with E-state index in [1.807, 2.05) is 26.1 Å². The first-order valence-corrected chi connectivity index (χ1v) is 10.1. The predicted molar refractivity (Wildman–Crippen MR) is 123 cm³/mol. The molecular weight excluding hydrogens is 382 g/mol. The van der Waals surface area contributed by atoms with Gasteiger partial charge in [0, 0.05) is 24.2 Å². The standard InChI is InChI=1S/C21H29N7S/c1-7-10-17(9-3)19(22-6)11-16(8-2)13-23-14(4)18-12-20(15(5)29)28-21(24-18)25-26-27-28/h9,11-12,22-23H,3-4,7-8,10,13H2,1-2,5-6H3/b16-11+,19-17-. The van der Waals surface area contributed by atoms with Gasteiger partial charge in [0.2, 0.25) is 0 Å². The summed E-state index contributed by atoms with van der Waals surface area (Å²) in [4.78, 5) is 5.16. The molecule has 0 saturated heterocycles. The lowest BCUT2D eigenvalue weighted by Crippen LogP contribution is -2.18. The van der Waals surface area contributed by atoms with Gasteiger partial charge >= 0.3 is 0 Å². The maximum absolute atomic E-state index is 5.32. The summed E-state index contributed by atoms with van der Waals surface area (Å²) in [5.74, 6) is 0.395. The van der Waals surface area contributed by atoms with E-state index in [0.29, 0.717) is 28.6 Å². The molecule has 0 aliphatic heterocycles. The fourth-order valence-electron chi connectivity index (χ4n) is 2.88. The van der Waals surface area contributed by atoms with Crippen LogP contribution in [0.5, 0.6) is 0 Å². The Kier molecular flexibility index (Phi) is 8.21. The number of tetrazole rings is 1. The van der Waals surface area contributed by atoms with Crippen molar-refractivity contribution in [3.05, 3.63) is 59.6 Å². The van der Waals surface area contributed by atoms with Crippen LogP contribution in [0.2, 0.25) is 0 Å². The van der Waals surface area contributed by atoms with E-state index in [0.717, 1.165) is 30.7 Å². The van der Waals surface area contributed by atoms with Gasteiger partial charge in [-0.25, -0.2) is 4.98 Å². The van der Waals surface area contributed by atoms with Crippen molar-refractivity contribution in [1.82, 2.24) is 35.7 Å². The van der Waals surface area contributed by atoms with Gasteiger partial charge in [0.1, 0.15) is 0 Å². The Morgan fingerprint density at radius 3 is 2.69 bits per heavy atom. The fourth-order valence-corrected chi connectivity index (χ4v) is 3.02. The van der Waals surface area contributed by atoms with E-state index < -0.39 is 0 Å². The first-order chi connectivity index (χ1) is 13.9. The Morgan fingerprint density at radius 1 is 1.34 bits per heavy atom. The van der Waals surface area contributed by atoms with Crippen LogP contribution in [0, 0.1) is 0 Å². The van der Waals surface area contributed by atoms with Gasteiger partial charge < -0.3 is 10.6 Å². The molecule has 0 spiro atoms. The van der Waals surface area contributed by atoms with Crippen LogP contribution in [0.15, 0.2) is 48.2 Å². The van der Waals surface area contributed by atoms with E-state index >= 15 is 0 Å². The van der Waals surface area contributed by atoms with Gasteiger partial charge in [-0.3, -0.25) is 0 Å². The molecule has 0 bridgehead atoms. The van der Waals surface area contributed by atoms with Crippen LogP contribution < -0.4 is 10.6 Å². The van der Waals surface area contributed by atoms with Crippen LogP contribution in [0.3, 0.4) is 0 Å². The van der Waals surface area contributed by atoms with Crippen molar-refractivity contribution in [1.29, 1.82) is 0 Å². The normalized spacial score (nSPS) is 12.5. The molecule has 0 fully saturated rings. The first-order valence-electron chi connectivity index (χ1n) is 9.71. The number of nitrogens with one attached hydrogen (secondary N) is 2. The zero-order valence-electron chi connectivity index (χ0n) is 17.6. The lowest BCUT2D eigenvalue weighted by molar-refractivity contribution is 0.814. The predicted octanol–water partition coefficient (Wildman–Crippen LogP) is 3.61. The summed E-state index contributed by atoms with van der Waals surface area (Å²) in [7, 11) is 1.94. The average molecular weight is 412 g/mol. The summed E-state index contributed by atoms with van der Waals surface area (Å²) in [6.07, 6.45) is 7.07. The highest BCUT2D eigenvalue weighted by Crippen LogP contribution is 2.16. The van der Waals surface area contributed by atoms with E-state index in [2.05, 4.69) is 64.2 Å². The van der Waals surface area contributed by atoms with E-state index in [9.17, 15) is 0 Å². The highest BCUT2D eigenvalue weighted by Gasteiger charge is 2.12. The second kappa shape index (κ2) is 10.6. The maximum Gasteiger partial charge on any atom is 0.274 e. The average Bonchev–Trinajstić information content (AvgIpc) is 3.20. The zero-order valence-corrected chi connectivity index (χ0v) is 18.4. The summed E-state index contributed by atoms with van der Waals surface area (Å²) >= 11 is 5.32. The van der Waals surface area contributed by atoms with Gasteiger partial charge in [-0.15, -0.1) is 0 Å². The number of hydrogen-bond donors (Lipinski definition) is 2. The van der Waals surface area contributed by atoms with Crippen molar-refractivity contribution in [2.45, 2.75) is 40.0 Å². The van der Waals surface area contributed by atoms with Gasteiger partial charge in [0.05, 0.1) is 17.1 Å². The summed E-state index contributed by atoms with van der Waals surface area (Å²) in [5.41, 5.74) is 5.65. The molecule has 154 valence electrons. The molecule has 0 radical (unpaired) electrons. The molecule has 2 rings (SSSR count). The van der Waals surface area contributed by atoms with Gasteiger partial charge in [-0.2, -0.15) is 4.52 Å². The largest absolute Gasteiger partial charge is 0.388 e. The molecule has 2 heterocycles. The Labute approximate surface area is 177 Å². The first kappa shape index (κ1) is 22.4. The van der Waals surface area contributed by atoms with Crippen LogP contribution in [0.25, 0.3) is 11.5 Å². The van der Waals surface area contributed by atoms with E-state index in [1.165, 1.54) is 15.7 Å². The number of thiocarbonyl (C=S) groups is 1. The highest BCUT2D eigenvalue weighted by molar-refractivity contribution is 7.80. The number of nitrogens with zero attached hydrogens (tertiary/aromatic N) is 5. The van der Waals surface area contributed by atoms with Crippen LogP contribution in [0.1, 0.15) is 51.4 Å². The lowest BCUT2D eigenvalue weighted by atomic mass is 10.0. The van der Waals surface area contributed by atoms with Crippen molar-refractivity contribution < 1.29 is 0 Å². The number of aromatic nitrogens is 5. The molecule has 0 aliphatic rings. The number of hydrogen-bond acceptors (Lipinski definition) is 7. The van der Waals surface area contributed by atoms with E-state index in [1.54, 1.807) is 0 Å². The monoisotopic (exact) mass is 411 g/mol. The smallest absolute Gasteiger partial charge is 0.274 e. The number of allylic oxidation sites excluding steroid dienone is 3. The molecule has 2 aromatic heterocycles. The summed E-state index contributed by atoms with van der Waals surface area (Å²) < 4.78 is 1.53. The molecule has 0 unspecified atom stereocenters. The molecule has 0 aliphatic carbocycles. The molecule has 0 amide bonds. The SMILES string of the molecule is C=C/C(CCC)=C(\C=C(/CC)CNC(=C)c1cc(C(C)=S)n2nnnc2n1)NC. The van der Waals surface area contributed by atoms with Crippen molar-refractivity contribution in [2.75, 3.05) is 13.6 Å². The van der Waals surface area contributed by atoms with E-state index in [-0.39, 0.29) is 0 Å². The minimum atomic E-state index is 0.395. The number of rotatable bonds is 11.